The smallest absolute Gasteiger partial charge is 0.124 e. The molecule has 6 heteroatoms. The number of piperidine rings is 1. The fourth-order valence-corrected chi connectivity index (χ4v) is 7.49. The van der Waals surface area contributed by atoms with Crippen LogP contribution in [-0.4, -0.2) is 23.0 Å². The number of likely N-dealkylation sites (tertiary alicyclic amines) is 1. The van der Waals surface area contributed by atoms with Gasteiger partial charge in [-0.3, -0.25) is 4.90 Å². The molecule has 4 nitrogen and oxygen atoms in total. The topological polar surface area (TPSA) is 49.2 Å². The summed E-state index contributed by atoms with van der Waals surface area (Å²) in [5.74, 6) is 1.06. The molecule has 0 saturated carbocycles. The Morgan fingerprint density at radius 3 is 1.93 bits per heavy atom. The van der Waals surface area contributed by atoms with Crippen molar-refractivity contribution in [2.75, 3.05) is 13.1 Å². The molecule has 2 heterocycles. The molecule has 0 radical (unpaired) electrons. The Balaban J connectivity index is 1.24. The molecule has 0 aliphatic carbocycles. The molecule has 0 unspecified atom stereocenters. The molecule has 0 spiro atoms. The quantitative estimate of drug-likeness (QED) is 0.170. The second kappa shape index (κ2) is 12.5. The fraction of sp³-hybridized carbons (Fsp3) is 0.222. The van der Waals surface area contributed by atoms with E-state index in [1.165, 1.54) is 21.7 Å². The Bertz CT molecular complexity index is 1580. The highest BCUT2D eigenvalue weighted by molar-refractivity contribution is 7.11. The third-order valence-corrected chi connectivity index (χ3v) is 9.84. The van der Waals surface area contributed by atoms with Crippen molar-refractivity contribution in [3.05, 3.63) is 152 Å². The standard InChI is InChI=1S/C36H32ClN3OS/c1-26-34(25-41-32-18-17-28(24-38)33(37)23-32)42-35(39-26)27-19-21-40(22-20-27)36(29-11-5-2-6-12-29,30-13-7-3-8-14-30)31-15-9-4-10-16-31/h2-18,23,27H,19-22,25H2,1H3. The molecule has 4 aromatic carbocycles. The van der Waals surface area contributed by atoms with E-state index in [9.17, 15) is 0 Å². The molecular formula is C36H32ClN3OS. The number of halogens is 1. The molecule has 1 aliphatic heterocycles. The van der Waals surface area contributed by atoms with Crippen molar-refractivity contribution in [1.29, 1.82) is 5.26 Å². The van der Waals surface area contributed by atoms with Crippen molar-refractivity contribution in [3.63, 3.8) is 0 Å². The summed E-state index contributed by atoms with van der Waals surface area (Å²) in [6.07, 6.45) is 2.07. The van der Waals surface area contributed by atoms with Gasteiger partial charge in [0, 0.05) is 25.1 Å². The number of thiazole rings is 1. The monoisotopic (exact) mass is 589 g/mol. The Morgan fingerprint density at radius 1 is 0.881 bits per heavy atom. The Hall–Kier alpha value is -3.95. The van der Waals surface area contributed by atoms with Crippen molar-refractivity contribution < 1.29 is 4.74 Å². The van der Waals surface area contributed by atoms with Crippen molar-refractivity contribution in [1.82, 2.24) is 9.88 Å². The van der Waals surface area contributed by atoms with Gasteiger partial charge in [-0.25, -0.2) is 4.98 Å². The van der Waals surface area contributed by atoms with Gasteiger partial charge in [-0.15, -0.1) is 11.3 Å². The number of hydrogen-bond acceptors (Lipinski definition) is 5. The number of aromatic nitrogens is 1. The average Bonchev–Trinajstić information content (AvgIpc) is 3.42. The summed E-state index contributed by atoms with van der Waals surface area (Å²) in [4.78, 5) is 8.80. The van der Waals surface area contributed by atoms with E-state index in [1.807, 2.05) is 0 Å². The highest BCUT2D eigenvalue weighted by Crippen LogP contribution is 2.45. The first kappa shape index (κ1) is 28.2. The third-order valence-electron chi connectivity index (χ3n) is 8.23. The number of nitrogens with zero attached hydrogens (tertiary/aromatic N) is 3. The maximum Gasteiger partial charge on any atom is 0.124 e. The lowest BCUT2D eigenvalue weighted by Crippen LogP contribution is -2.51. The van der Waals surface area contributed by atoms with Crippen molar-refractivity contribution in [3.8, 4) is 11.8 Å². The van der Waals surface area contributed by atoms with Crippen LogP contribution in [0.4, 0.5) is 0 Å². The van der Waals surface area contributed by atoms with Crippen LogP contribution in [-0.2, 0) is 12.1 Å². The van der Waals surface area contributed by atoms with Crippen molar-refractivity contribution in [2.24, 2.45) is 0 Å². The molecule has 0 bridgehead atoms. The highest BCUT2D eigenvalue weighted by atomic mass is 35.5. The van der Waals surface area contributed by atoms with E-state index in [1.54, 1.807) is 29.5 Å². The molecule has 1 aromatic heterocycles. The van der Waals surface area contributed by atoms with E-state index in [2.05, 4.69) is 109 Å². The highest BCUT2D eigenvalue weighted by Gasteiger charge is 2.43. The van der Waals surface area contributed by atoms with Crippen LogP contribution in [0, 0.1) is 18.3 Å². The van der Waals surface area contributed by atoms with E-state index < -0.39 is 0 Å². The maximum atomic E-state index is 9.13. The van der Waals surface area contributed by atoms with E-state index in [0.29, 0.717) is 28.9 Å². The van der Waals surface area contributed by atoms with Gasteiger partial charge in [0.25, 0.3) is 0 Å². The molecule has 210 valence electrons. The van der Waals surface area contributed by atoms with Crippen LogP contribution < -0.4 is 4.74 Å². The largest absolute Gasteiger partial charge is 0.488 e. The van der Waals surface area contributed by atoms with Gasteiger partial charge < -0.3 is 4.74 Å². The second-order valence-corrected chi connectivity index (χ2v) is 12.2. The minimum absolute atomic E-state index is 0.380. The molecule has 6 rings (SSSR count). The van der Waals surface area contributed by atoms with Crippen LogP contribution in [0.5, 0.6) is 5.75 Å². The van der Waals surface area contributed by atoms with Gasteiger partial charge in [0.05, 0.1) is 31.7 Å². The van der Waals surface area contributed by atoms with E-state index in [0.717, 1.165) is 36.5 Å². The number of rotatable bonds is 8. The number of hydrogen-bond donors (Lipinski definition) is 0. The second-order valence-electron chi connectivity index (χ2n) is 10.7. The van der Waals surface area contributed by atoms with Gasteiger partial charge in [0.15, 0.2) is 0 Å². The van der Waals surface area contributed by atoms with Gasteiger partial charge in [-0.05, 0) is 48.6 Å². The Labute approximate surface area is 256 Å². The fourth-order valence-electron chi connectivity index (χ4n) is 6.13. The molecular weight excluding hydrogens is 558 g/mol. The van der Waals surface area contributed by atoms with Gasteiger partial charge in [-0.2, -0.15) is 5.26 Å². The van der Waals surface area contributed by atoms with Gasteiger partial charge >= 0.3 is 0 Å². The minimum atomic E-state index is -0.380. The molecule has 1 aliphatic rings. The Morgan fingerprint density at radius 2 is 1.43 bits per heavy atom. The molecule has 0 atom stereocenters. The van der Waals surface area contributed by atoms with Crippen LogP contribution in [0.1, 0.15) is 56.6 Å². The summed E-state index contributed by atoms with van der Waals surface area (Å²) >= 11 is 7.95. The lowest BCUT2D eigenvalue weighted by molar-refractivity contribution is 0.118. The summed E-state index contributed by atoms with van der Waals surface area (Å²) < 4.78 is 6.03. The zero-order chi connectivity index (χ0) is 28.9. The summed E-state index contributed by atoms with van der Waals surface area (Å²) in [6, 6.07) is 40.1. The normalized spacial score (nSPS) is 14.4. The van der Waals surface area contributed by atoms with Crippen LogP contribution in [0.15, 0.2) is 109 Å². The summed E-state index contributed by atoms with van der Waals surface area (Å²) in [7, 11) is 0. The molecule has 42 heavy (non-hydrogen) atoms. The van der Waals surface area contributed by atoms with Gasteiger partial charge in [0.1, 0.15) is 18.4 Å². The average molecular weight is 590 g/mol. The van der Waals surface area contributed by atoms with E-state index >= 15 is 0 Å². The summed E-state index contributed by atoms with van der Waals surface area (Å²) in [5, 5.41) is 10.7. The Kier molecular flexibility index (Phi) is 8.39. The van der Waals surface area contributed by atoms with Crippen molar-refractivity contribution in [2.45, 2.75) is 37.8 Å². The lowest BCUT2D eigenvalue weighted by Gasteiger charge is -2.48. The van der Waals surface area contributed by atoms with E-state index in [4.69, 9.17) is 26.6 Å². The molecule has 1 fully saturated rings. The maximum absolute atomic E-state index is 9.13. The van der Waals surface area contributed by atoms with Gasteiger partial charge in [-0.1, -0.05) is 103 Å². The van der Waals surface area contributed by atoms with Gasteiger partial charge in [0.2, 0.25) is 0 Å². The number of benzene rings is 4. The lowest BCUT2D eigenvalue weighted by atomic mass is 9.74. The molecule has 0 amide bonds. The van der Waals surface area contributed by atoms with Crippen LogP contribution >= 0.6 is 22.9 Å². The molecule has 5 aromatic rings. The third kappa shape index (κ3) is 5.46. The first-order valence-corrected chi connectivity index (χ1v) is 15.5. The van der Waals surface area contributed by atoms with E-state index in [-0.39, 0.29) is 5.54 Å². The predicted molar refractivity (Wildman–Crippen MR) is 170 cm³/mol. The first-order valence-electron chi connectivity index (χ1n) is 14.3. The van der Waals surface area contributed by atoms with Crippen LogP contribution in [0.3, 0.4) is 0 Å². The molecule has 1 saturated heterocycles. The van der Waals surface area contributed by atoms with Crippen molar-refractivity contribution >= 4 is 22.9 Å². The first-order chi connectivity index (χ1) is 20.6. The predicted octanol–water partition coefficient (Wildman–Crippen LogP) is 8.73. The molecule has 0 N–H and O–H groups in total. The number of ether oxygens (including phenoxy) is 1. The number of nitriles is 1. The minimum Gasteiger partial charge on any atom is -0.488 e. The summed E-state index contributed by atoms with van der Waals surface area (Å²) in [6.45, 7) is 4.41. The van der Waals surface area contributed by atoms with Crippen LogP contribution in [0.2, 0.25) is 5.02 Å². The summed E-state index contributed by atoms with van der Waals surface area (Å²) in [5.41, 5.74) is 4.94. The number of aryl methyl sites for hydroxylation is 1. The zero-order valence-electron chi connectivity index (χ0n) is 23.5. The van der Waals surface area contributed by atoms with Crippen LogP contribution in [0.25, 0.3) is 0 Å². The SMILES string of the molecule is Cc1nc(C2CCN(C(c3ccccc3)(c3ccccc3)c3ccccc3)CC2)sc1COc1ccc(C#N)c(Cl)c1. The zero-order valence-corrected chi connectivity index (χ0v) is 25.1.